The van der Waals surface area contributed by atoms with Gasteiger partial charge in [-0.1, -0.05) is 25.6 Å². The highest BCUT2D eigenvalue weighted by molar-refractivity contribution is 5.58. The first-order valence-electron chi connectivity index (χ1n) is 4.25. The Balaban J connectivity index is 3.10. The average molecular weight is 161 g/mol. The van der Waals surface area contributed by atoms with Crippen molar-refractivity contribution in [2.75, 3.05) is 12.4 Å². The molecule has 0 heterocycles. The van der Waals surface area contributed by atoms with Crippen LogP contribution in [0.15, 0.2) is 24.8 Å². The lowest BCUT2D eigenvalue weighted by atomic mass is 10.0. The molecular formula is C11H15N. The smallest absolute Gasteiger partial charge is 0.0340 e. The van der Waals surface area contributed by atoms with Crippen LogP contribution in [0.25, 0.3) is 6.08 Å². The zero-order valence-corrected chi connectivity index (χ0v) is 7.72. The Morgan fingerprint density at radius 1 is 1.50 bits per heavy atom. The fraction of sp³-hybridized carbons (Fsp3) is 0.273. The number of anilines is 1. The van der Waals surface area contributed by atoms with E-state index in [0.29, 0.717) is 0 Å². The van der Waals surface area contributed by atoms with Gasteiger partial charge in [-0.3, -0.25) is 0 Å². The summed E-state index contributed by atoms with van der Waals surface area (Å²) in [5.74, 6) is 0. The molecule has 0 aliphatic heterocycles. The fourth-order valence-corrected chi connectivity index (χ4v) is 1.27. The van der Waals surface area contributed by atoms with Crippen molar-refractivity contribution < 1.29 is 0 Å². The van der Waals surface area contributed by atoms with Crippen LogP contribution in [0.2, 0.25) is 0 Å². The van der Waals surface area contributed by atoms with Gasteiger partial charge in [0.2, 0.25) is 0 Å². The highest BCUT2D eigenvalue weighted by Crippen LogP contribution is 2.16. The summed E-state index contributed by atoms with van der Waals surface area (Å²) < 4.78 is 0. The molecule has 0 fully saturated rings. The van der Waals surface area contributed by atoms with E-state index in [4.69, 9.17) is 0 Å². The first-order valence-corrected chi connectivity index (χ1v) is 4.25. The third kappa shape index (κ3) is 1.67. The van der Waals surface area contributed by atoms with Crippen LogP contribution in [0.4, 0.5) is 5.69 Å². The molecule has 0 saturated carbocycles. The number of aryl methyl sites for hydroxylation is 1. The van der Waals surface area contributed by atoms with E-state index in [0.717, 1.165) is 12.1 Å². The van der Waals surface area contributed by atoms with E-state index >= 15 is 0 Å². The molecule has 0 amide bonds. The molecule has 1 aromatic carbocycles. The van der Waals surface area contributed by atoms with Crippen molar-refractivity contribution >= 4 is 11.8 Å². The summed E-state index contributed by atoms with van der Waals surface area (Å²) in [4.78, 5) is 0. The second kappa shape index (κ2) is 3.96. The van der Waals surface area contributed by atoms with Crippen LogP contribution >= 0.6 is 0 Å². The molecular weight excluding hydrogens is 146 g/mol. The predicted molar refractivity (Wildman–Crippen MR) is 55.5 cm³/mol. The van der Waals surface area contributed by atoms with Crippen molar-refractivity contribution in [3.05, 3.63) is 35.9 Å². The van der Waals surface area contributed by atoms with Crippen LogP contribution in [-0.2, 0) is 6.42 Å². The summed E-state index contributed by atoms with van der Waals surface area (Å²) in [6.07, 6.45) is 2.95. The maximum absolute atomic E-state index is 3.77. The molecule has 1 heteroatoms. The summed E-state index contributed by atoms with van der Waals surface area (Å²) in [5.41, 5.74) is 3.74. The Kier molecular flexibility index (Phi) is 2.92. The number of hydrogen-bond donors (Lipinski definition) is 1. The topological polar surface area (TPSA) is 12.0 Å². The van der Waals surface area contributed by atoms with Gasteiger partial charge in [-0.2, -0.15) is 0 Å². The summed E-state index contributed by atoms with van der Waals surface area (Å²) in [6.45, 7) is 5.93. The Morgan fingerprint density at radius 3 is 2.75 bits per heavy atom. The molecule has 1 nitrogen and oxygen atoms in total. The average Bonchev–Trinajstić information content (AvgIpc) is 2.16. The normalized spacial score (nSPS) is 9.50. The van der Waals surface area contributed by atoms with Crippen LogP contribution in [0.5, 0.6) is 0 Å². The molecule has 0 aliphatic carbocycles. The van der Waals surface area contributed by atoms with Crippen LogP contribution in [-0.4, -0.2) is 7.05 Å². The van der Waals surface area contributed by atoms with Crippen molar-refractivity contribution in [2.24, 2.45) is 0 Å². The molecule has 0 unspecified atom stereocenters. The van der Waals surface area contributed by atoms with E-state index in [9.17, 15) is 0 Å². The summed E-state index contributed by atoms with van der Waals surface area (Å²) >= 11 is 0. The Labute approximate surface area is 74.1 Å². The van der Waals surface area contributed by atoms with Crippen LogP contribution in [0.1, 0.15) is 18.1 Å². The van der Waals surface area contributed by atoms with E-state index < -0.39 is 0 Å². The number of rotatable bonds is 3. The van der Waals surface area contributed by atoms with Gasteiger partial charge >= 0.3 is 0 Å². The van der Waals surface area contributed by atoms with E-state index in [-0.39, 0.29) is 0 Å². The van der Waals surface area contributed by atoms with Gasteiger partial charge < -0.3 is 5.32 Å². The van der Waals surface area contributed by atoms with Gasteiger partial charge in [0.05, 0.1) is 0 Å². The Bertz CT molecular complexity index is 276. The highest BCUT2D eigenvalue weighted by Gasteiger charge is 1.97. The Morgan fingerprint density at radius 2 is 2.25 bits per heavy atom. The lowest BCUT2D eigenvalue weighted by molar-refractivity contribution is 1.13. The van der Waals surface area contributed by atoms with E-state index in [1.165, 1.54) is 11.1 Å². The van der Waals surface area contributed by atoms with Crippen LogP contribution in [0.3, 0.4) is 0 Å². The quantitative estimate of drug-likeness (QED) is 0.718. The van der Waals surface area contributed by atoms with E-state index in [1.807, 2.05) is 13.1 Å². The predicted octanol–water partition coefficient (Wildman–Crippen LogP) is 2.93. The molecule has 0 radical (unpaired) electrons. The van der Waals surface area contributed by atoms with Crippen LogP contribution < -0.4 is 5.32 Å². The van der Waals surface area contributed by atoms with Gasteiger partial charge in [-0.15, -0.1) is 0 Å². The van der Waals surface area contributed by atoms with Crippen molar-refractivity contribution in [3.8, 4) is 0 Å². The molecule has 1 rings (SSSR count). The van der Waals surface area contributed by atoms with Crippen molar-refractivity contribution in [1.82, 2.24) is 0 Å². The molecule has 12 heavy (non-hydrogen) atoms. The molecule has 0 aliphatic rings. The zero-order valence-electron chi connectivity index (χ0n) is 7.72. The summed E-state index contributed by atoms with van der Waals surface area (Å²) in [7, 11) is 1.93. The molecule has 0 atom stereocenters. The minimum Gasteiger partial charge on any atom is -0.388 e. The molecule has 0 spiro atoms. The first kappa shape index (κ1) is 8.85. The third-order valence-corrected chi connectivity index (χ3v) is 2.03. The highest BCUT2D eigenvalue weighted by atomic mass is 14.8. The monoisotopic (exact) mass is 161 g/mol. The van der Waals surface area contributed by atoms with E-state index in [2.05, 4.69) is 37.0 Å². The number of nitrogens with one attached hydrogen (secondary N) is 1. The summed E-state index contributed by atoms with van der Waals surface area (Å²) in [6, 6.07) is 6.32. The molecule has 64 valence electrons. The molecule has 0 bridgehead atoms. The molecule has 0 aromatic heterocycles. The van der Waals surface area contributed by atoms with Crippen molar-refractivity contribution in [3.63, 3.8) is 0 Å². The fourth-order valence-electron chi connectivity index (χ4n) is 1.27. The summed E-state index contributed by atoms with van der Waals surface area (Å²) in [5, 5.41) is 3.12. The minimum atomic E-state index is 1.05. The van der Waals surface area contributed by atoms with Crippen molar-refractivity contribution in [1.29, 1.82) is 0 Å². The lowest BCUT2D eigenvalue weighted by Gasteiger charge is -2.06. The lowest BCUT2D eigenvalue weighted by Crippen LogP contribution is -1.91. The standard InChI is InChI=1S/C11H15N/c1-4-9-6-7-11(12-3)8-10(9)5-2/h4,6-8,12H,1,5H2,2-3H3. The van der Waals surface area contributed by atoms with Gasteiger partial charge in [0.1, 0.15) is 0 Å². The maximum Gasteiger partial charge on any atom is 0.0340 e. The third-order valence-electron chi connectivity index (χ3n) is 2.03. The largest absolute Gasteiger partial charge is 0.388 e. The molecule has 1 aromatic rings. The van der Waals surface area contributed by atoms with Gasteiger partial charge in [-0.25, -0.2) is 0 Å². The second-order valence-electron chi connectivity index (χ2n) is 2.72. The van der Waals surface area contributed by atoms with Crippen LogP contribution in [0, 0.1) is 0 Å². The Hall–Kier alpha value is -1.24. The van der Waals surface area contributed by atoms with Gasteiger partial charge in [-0.05, 0) is 29.7 Å². The second-order valence-corrected chi connectivity index (χ2v) is 2.72. The van der Waals surface area contributed by atoms with Crippen molar-refractivity contribution in [2.45, 2.75) is 13.3 Å². The molecule has 0 saturated heterocycles. The molecule has 1 N–H and O–H groups in total. The first-order chi connectivity index (χ1) is 5.81. The SMILES string of the molecule is C=Cc1ccc(NC)cc1CC. The van der Waals surface area contributed by atoms with Gasteiger partial charge in [0, 0.05) is 12.7 Å². The number of hydrogen-bond acceptors (Lipinski definition) is 1. The zero-order chi connectivity index (χ0) is 8.97. The maximum atomic E-state index is 3.77. The number of benzene rings is 1. The van der Waals surface area contributed by atoms with Gasteiger partial charge in [0.25, 0.3) is 0 Å². The van der Waals surface area contributed by atoms with E-state index in [1.54, 1.807) is 0 Å². The van der Waals surface area contributed by atoms with Gasteiger partial charge in [0.15, 0.2) is 0 Å². The minimum absolute atomic E-state index is 1.05.